The summed E-state index contributed by atoms with van der Waals surface area (Å²) in [7, 11) is 0. The molecule has 0 aliphatic rings. The number of rotatable bonds is 8. The van der Waals surface area contributed by atoms with E-state index in [1.165, 1.54) is 0 Å². The summed E-state index contributed by atoms with van der Waals surface area (Å²) < 4.78 is 10.9. The fraction of sp³-hybridized carbons (Fsp3) is 0.263. The van der Waals surface area contributed by atoms with E-state index in [-0.39, 0.29) is 5.91 Å². The second-order valence-electron chi connectivity index (χ2n) is 5.40. The van der Waals surface area contributed by atoms with Crippen LogP contribution in [0.5, 0.6) is 5.75 Å². The number of hydrogen-bond acceptors (Lipinski definition) is 4. The molecule has 5 heteroatoms. The molecule has 0 N–H and O–H groups in total. The van der Waals surface area contributed by atoms with Crippen LogP contribution in [0.25, 0.3) is 0 Å². The van der Waals surface area contributed by atoms with Crippen molar-refractivity contribution in [3.05, 3.63) is 72.2 Å². The number of hydrogen-bond donors (Lipinski definition) is 0. The van der Waals surface area contributed by atoms with Crippen molar-refractivity contribution in [3.63, 3.8) is 0 Å². The van der Waals surface area contributed by atoms with E-state index >= 15 is 0 Å². The van der Waals surface area contributed by atoms with Crippen LogP contribution in [0, 0.1) is 13.8 Å². The van der Waals surface area contributed by atoms with Crippen molar-refractivity contribution in [2.45, 2.75) is 20.5 Å². The van der Waals surface area contributed by atoms with E-state index in [0.29, 0.717) is 31.0 Å². The first kappa shape index (κ1) is 17.5. The lowest BCUT2D eigenvalue weighted by molar-refractivity contribution is 0.0791. The zero-order chi connectivity index (χ0) is 17.5. The molecule has 0 saturated heterocycles. The van der Waals surface area contributed by atoms with Gasteiger partial charge in [0.25, 0.3) is 5.91 Å². The molecule has 0 radical (unpaired) electrons. The zero-order valence-corrected chi connectivity index (χ0v) is 14.1. The number of amides is 1. The highest BCUT2D eigenvalue weighted by Crippen LogP contribution is 2.18. The van der Waals surface area contributed by atoms with Gasteiger partial charge in [-0.05, 0) is 38.1 Å². The van der Waals surface area contributed by atoms with Gasteiger partial charge in [0, 0.05) is 18.7 Å². The fourth-order valence-corrected chi connectivity index (χ4v) is 2.29. The van der Waals surface area contributed by atoms with Gasteiger partial charge in [-0.2, -0.15) is 0 Å². The molecule has 0 bridgehead atoms. The van der Waals surface area contributed by atoms with Crippen LogP contribution in [0.4, 0.5) is 0 Å². The quantitative estimate of drug-likeness (QED) is 0.694. The molecule has 0 atom stereocenters. The minimum Gasteiger partial charge on any atom is -0.489 e. The number of benzene rings is 1. The normalized spacial score (nSPS) is 10.2. The average Bonchev–Trinajstić information content (AvgIpc) is 2.91. The molecule has 0 aliphatic heterocycles. The summed E-state index contributed by atoms with van der Waals surface area (Å²) in [5, 5.41) is 3.90. The summed E-state index contributed by atoms with van der Waals surface area (Å²) in [5.74, 6) is 1.38. The number of carbonyl (C=O) groups excluding carboxylic acids is 1. The summed E-state index contributed by atoms with van der Waals surface area (Å²) in [5.41, 5.74) is 2.37. The fourth-order valence-electron chi connectivity index (χ4n) is 2.29. The number of ether oxygens (including phenoxy) is 1. The monoisotopic (exact) mass is 326 g/mol. The predicted octanol–water partition coefficient (Wildman–Crippen LogP) is 3.68. The van der Waals surface area contributed by atoms with E-state index in [1.807, 2.05) is 13.8 Å². The van der Waals surface area contributed by atoms with Crippen molar-refractivity contribution in [3.8, 4) is 5.75 Å². The first-order chi connectivity index (χ1) is 11.6. The number of aromatic nitrogens is 1. The molecule has 2 rings (SSSR count). The van der Waals surface area contributed by atoms with Crippen molar-refractivity contribution < 1.29 is 14.1 Å². The van der Waals surface area contributed by atoms with Gasteiger partial charge in [-0.15, -0.1) is 13.2 Å². The Balaban J connectivity index is 2.03. The molecular weight excluding hydrogens is 304 g/mol. The Morgan fingerprint density at radius 1 is 1.21 bits per heavy atom. The summed E-state index contributed by atoms with van der Waals surface area (Å²) in [6, 6.07) is 7.07. The minimum absolute atomic E-state index is 0.0629. The Kier molecular flexibility index (Phi) is 5.95. The van der Waals surface area contributed by atoms with Gasteiger partial charge in [-0.25, -0.2) is 0 Å². The maximum Gasteiger partial charge on any atom is 0.254 e. The van der Waals surface area contributed by atoms with E-state index in [2.05, 4.69) is 18.3 Å². The van der Waals surface area contributed by atoms with Crippen LogP contribution in [0.1, 0.15) is 27.4 Å². The molecule has 2 aromatic rings. The van der Waals surface area contributed by atoms with Crippen LogP contribution in [-0.2, 0) is 6.61 Å². The summed E-state index contributed by atoms with van der Waals surface area (Å²) >= 11 is 0. The molecule has 1 aromatic carbocycles. The van der Waals surface area contributed by atoms with Crippen LogP contribution < -0.4 is 4.74 Å². The minimum atomic E-state index is -0.0629. The molecular formula is C19H22N2O3. The van der Waals surface area contributed by atoms with Gasteiger partial charge in [-0.3, -0.25) is 4.79 Å². The van der Waals surface area contributed by atoms with Crippen molar-refractivity contribution in [2.24, 2.45) is 0 Å². The highest BCUT2D eigenvalue weighted by Gasteiger charge is 2.14. The first-order valence-electron chi connectivity index (χ1n) is 7.72. The van der Waals surface area contributed by atoms with E-state index in [4.69, 9.17) is 9.26 Å². The standard InChI is InChI=1S/C19H22N2O3/c1-5-11-21(12-6-2)19(22)16-7-9-17(10-8-16)23-13-18-14(3)20-24-15(18)4/h5-10H,1-2,11-13H2,3-4H3. The third kappa shape index (κ3) is 4.13. The van der Waals surface area contributed by atoms with Crippen LogP contribution in [0.15, 0.2) is 54.1 Å². The lowest BCUT2D eigenvalue weighted by atomic mass is 10.2. The number of aryl methyl sites for hydroxylation is 2. The Morgan fingerprint density at radius 3 is 2.33 bits per heavy atom. The molecule has 126 valence electrons. The van der Waals surface area contributed by atoms with Crippen LogP contribution in [-0.4, -0.2) is 29.1 Å². The van der Waals surface area contributed by atoms with Crippen molar-refractivity contribution in [1.29, 1.82) is 0 Å². The van der Waals surface area contributed by atoms with E-state index in [0.717, 1.165) is 17.0 Å². The number of nitrogens with zero attached hydrogens (tertiary/aromatic N) is 2. The van der Waals surface area contributed by atoms with Gasteiger partial charge in [0.1, 0.15) is 18.1 Å². The van der Waals surface area contributed by atoms with Crippen molar-refractivity contribution in [1.82, 2.24) is 10.1 Å². The third-order valence-corrected chi connectivity index (χ3v) is 3.65. The molecule has 0 aliphatic carbocycles. The molecule has 24 heavy (non-hydrogen) atoms. The molecule has 5 nitrogen and oxygen atoms in total. The van der Waals surface area contributed by atoms with E-state index in [9.17, 15) is 4.79 Å². The molecule has 0 fully saturated rings. The Hall–Kier alpha value is -2.82. The first-order valence-corrected chi connectivity index (χ1v) is 7.72. The third-order valence-electron chi connectivity index (χ3n) is 3.65. The Morgan fingerprint density at radius 2 is 1.83 bits per heavy atom. The van der Waals surface area contributed by atoms with E-state index in [1.54, 1.807) is 41.3 Å². The molecule has 1 aromatic heterocycles. The summed E-state index contributed by atoms with van der Waals surface area (Å²) in [4.78, 5) is 14.1. The highest BCUT2D eigenvalue weighted by molar-refractivity contribution is 5.94. The van der Waals surface area contributed by atoms with Crippen molar-refractivity contribution >= 4 is 5.91 Å². The van der Waals surface area contributed by atoms with Gasteiger partial charge >= 0.3 is 0 Å². The molecule has 0 saturated carbocycles. The maximum atomic E-state index is 12.4. The van der Waals surface area contributed by atoms with E-state index < -0.39 is 0 Å². The van der Waals surface area contributed by atoms with Crippen LogP contribution >= 0.6 is 0 Å². The second-order valence-corrected chi connectivity index (χ2v) is 5.40. The molecule has 1 amide bonds. The van der Waals surface area contributed by atoms with Gasteiger partial charge in [0.15, 0.2) is 0 Å². The van der Waals surface area contributed by atoms with Gasteiger partial charge in [0.2, 0.25) is 0 Å². The summed E-state index contributed by atoms with van der Waals surface area (Å²) in [6.45, 7) is 12.4. The largest absolute Gasteiger partial charge is 0.489 e. The Labute approximate surface area is 142 Å². The smallest absolute Gasteiger partial charge is 0.254 e. The van der Waals surface area contributed by atoms with Gasteiger partial charge < -0.3 is 14.2 Å². The van der Waals surface area contributed by atoms with Crippen LogP contribution in [0.3, 0.4) is 0 Å². The topological polar surface area (TPSA) is 55.6 Å². The van der Waals surface area contributed by atoms with Crippen molar-refractivity contribution in [2.75, 3.05) is 13.1 Å². The lowest BCUT2D eigenvalue weighted by Gasteiger charge is -2.19. The van der Waals surface area contributed by atoms with Crippen LogP contribution in [0.2, 0.25) is 0 Å². The second kappa shape index (κ2) is 8.15. The van der Waals surface area contributed by atoms with Gasteiger partial charge in [0.05, 0.1) is 11.3 Å². The summed E-state index contributed by atoms with van der Waals surface area (Å²) in [6.07, 6.45) is 3.39. The number of carbonyl (C=O) groups is 1. The molecule has 0 spiro atoms. The Bertz CT molecular complexity index is 687. The SMILES string of the molecule is C=CCN(CC=C)C(=O)c1ccc(OCc2c(C)noc2C)cc1. The zero-order valence-electron chi connectivity index (χ0n) is 14.1. The molecule has 0 unspecified atom stereocenters. The predicted molar refractivity (Wildman–Crippen MR) is 93.0 cm³/mol. The maximum absolute atomic E-state index is 12.4. The lowest BCUT2D eigenvalue weighted by Crippen LogP contribution is -2.31. The molecule has 1 heterocycles. The highest BCUT2D eigenvalue weighted by atomic mass is 16.5. The average molecular weight is 326 g/mol. The van der Waals surface area contributed by atoms with Gasteiger partial charge in [-0.1, -0.05) is 17.3 Å².